The maximum absolute atomic E-state index is 13.4. The summed E-state index contributed by atoms with van der Waals surface area (Å²) in [4.78, 5) is 14.9. The summed E-state index contributed by atoms with van der Waals surface area (Å²) < 4.78 is 45.7. The van der Waals surface area contributed by atoms with E-state index in [9.17, 15) is 18.0 Å². The first-order valence-corrected chi connectivity index (χ1v) is 7.26. The van der Waals surface area contributed by atoms with Crippen LogP contribution in [0.3, 0.4) is 0 Å². The van der Waals surface area contributed by atoms with Crippen LogP contribution in [-0.2, 0) is 12.8 Å². The van der Waals surface area contributed by atoms with Crippen LogP contribution < -0.4 is 4.74 Å². The van der Waals surface area contributed by atoms with Crippen LogP contribution in [0.1, 0.15) is 21.5 Å². The van der Waals surface area contributed by atoms with Gasteiger partial charge in [-0.1, -0.05) is 30.3 Å². The van der Waals surface area contributed by atoms with Gasteiger partial charge in [-0.2, -0.15) is 13.2 Å². The van der Waals surface area contributed by atoms with Crippen LogP contribution in [0.25, 0.3) is 10.9 Å². The van der Waals surface area contributed by atoms with Crippen LogP contribution in [0.5, 0.6) is 5.75 Å². The third kappa shape index (κ3) is 3.55. The molecule has 0 saturated heterocycles. The average molecular weight is 347 g/mol. The fourth-order valence-corrected chi connectivity index (χ4v) is 2.47. The number of alkyl halides is 3. The summed E-state index contributed by atoms with van der Waals surface area (Å²) in [5.74, 6) is -1.48. The van der Waals surface area contributed by atoms with Crippen molar-refractivity contribution in [2.45, 2.75) is 12.8 Å². The lowest BCUT2D eigenvalue weighted by Crippen LogP contribution is -2.14. The summed E-state index contributed by atoms with van der Waals surface area (Å²) in [6.45, 7) is 0.180. The molecule has 0 aliphatic heterocycles. The minimum absolute atomic E-state index is 0.0457. The van der Waals surface area contributed by atoms with Crippen LogP contribution in [0.2, 0.25) is 0 Å². The molecule has 1 N–H and O–H groups in total. The first-order valence-electron chi connectivity index (χ1n) is 7.26. The van der Waals surface area contributed by atoms with Gasteiger partial charge in [0.05, 0.1) is 16.6 Å². The van der Waals surface area contributed by atoms with E-state index in [4.69, 9.17) is 9.84 Å². The molecule has 1 aromatic heterocycles. The highest BCUT2D eigenvalue weighted by Crippen LogP contribution is 2.38. The Hall–Kier alpha value is -3.09. The highest BCUT2D eigenvalue weighted by molar-refractivity contribution is 5.96. The smallest absolute Gasteiger partial charge is 0.417 e. The Morgan fingerprint density at radius 3 is 2.48 bits per heavy atom. The van der Waals surface area contributed by atoms with Gasteiger partial charge in [0.1, 0.15) is 12.4 Å². The number of halogens is 3. The number of carbonyl (C=O) groups is 1. The molecule has 0 unspecified atom stereocenters. The van der Waals surface area contributed by atoms with Gasteiger partial charge in [-0.15, -0.1) is 0 Å². The molecule has 25 heavy (non-hydrogen) atoms. The predicted molar refractivity (Wildman–Crippen MR) is 84.5 cm³/mol. The largest absolute Gasteiger partial charge is 0.489 e. The van der Waals surface area contributed by atoms with E-state index in [0.29, 0.717) is 0 Å². The molecule has 0 fully saturated rings. The normalized spacial score (nSPS) is 11.5. The van der Waals surface area contributed by atoms with E-state index >= 15 is 0 Å². The molecule has 1 heterocycles. The van der Waals surface area contributed by atoms with Gasteiger partial charge in [-0.05, 0) is 23.8 Å². The summed E-state index contributed by atoms with van der Waals surface area (Å²) in [6, 6.07) is 13.2. The van der Waals surface area contributed by atoms with Crippen molar-refractivity contribution in [1.82, 2.24) is 4.98 Å². The molecule has 3 aromatic rings. The van der Waals surface area contributed by atoms with Gasteiger partial charge >= 0.3 is 12.1 Å². The number of fused-ring (bicyclic) bond motifs is 1. The molecule has 0 aliphatic carbocycles. The molecular weight excluding hydrogens is 335 g/mol. The van der Waals surface area contributed by atoms with E-state index in [2.05, 4.69) is 4.98 Å². The van der Waals surface area contributed by atoms with Crippen LogP contribution in [-0.4, -0.2) is 16.1 Å². The number of benzene rings is 2. The third-order valence-corrected chi connectivity index (χ3v) is 3.60. The van der Waals surface area contributed by atoms with E-state index in [0.717, 1.165) is 11.8 Å². The molecular formula is C18H12F3NO3. The number of aromatic nitrogens is 1. The Morgan fingerprint density at radius 2 is 1.84 bits per heavy atom. The first kappa shape index (κ1) is 16.8. The molecule has 0 spiro atoms. The Kier molecular flexibility index (Phi) is 4.31. The van der Waals surface area contributed by atoms with Crippen molar-refractivity contribution in [3.05, 3.63) is 71.4 Å². The highest BCUT2D eigenvalue weighted by Gasteiger charge is 2.37. The van der Waals surface area contributed by atoms with Gasteiger partial charge in [0, 0.05) is 11.6 Å². The minimum Gasteiger partial charge on any atom is -0.489 e. The molecule has 0 aliphatic rings. The van der Waals surface area contributed by atoms with E-state index in [1.807, 2.05) is 30.3 Å². The minimum atomic E-state index is -4.83. The number of hydrogen-bond donors (Lipinski definition) is 1. The predicted octanol–water partition coefficient (Wildman–Crippen LogP) is 4.53. The van der Waals surface area contributed by atoms with Crippen molar-refractivity contribution in [2.75, 3.05) is 0 Å². The SMILES string of the molecule is O=C(O)c1cnc2ccc(OCc3ccccc3)cc2c1C(F)(F)F. The fraction of sp³-hybridized carbons (Fsp3) is 0.111. The second-order valence-corrected chi connectivity index (χ2v) is 5.30. The van der Waals surface area contributed by atoms with Gasteiger partial charge in [0.25, 0.3) is 0 Å². The Balaban J connectivity index is 2.04. The van der Waals surface area contributed by atoms with Gasteiger partial charge in [-0.25, -0.2) is 4.79 Å². The molecule has 4 nitrogen and oxygen atoms in total. The quantitative estimate of drug-likeness (QED) is 0.753. The topological polar surface area (TPSA) is 59.4 Å². The maximum atomic E-state index is 13.4. The van der Waals surface area contributed by atoms with Crippen LogP contribution in [0.15, 0.2) is 54.7 Å². The van der Waals surface area contributed by atoms with Crippen molar-refractivity contribution in [3.63, 3.8) is 0 Å². The zero-order valence-corrected chi connectivity index (χ0v) is 12.7. The third-order valence-electron chi connectivity index (χ3n) is 3.60. The lowest BCUT2D eigenvalue weighted by molar-refractivity contribution is -0.136. The van der Waals surface area contributed by atoms with Crippen molar-refractivity contribution >= 4 is 16.9 Å². The van der Waals surface area contributed by atoms with E-state index < -0.39 is 23.3 Å². The van der Waals surface area contributed by atoms with E-state index in [1.54, 1.807) is 0 Å². The van der Waals surface area contributed by atoms with Crippen molar-refractivity contribution in [1.29, 1.82) is 0 Å². The van der Waals surface area contributed by atoms with Crippen LogP contribution in [0.4, 0.5) is 13.2 Å². The lowest BCUT2D eigenvalue weighted by atomic mass is 10.0. The molecule has 0 atom stereocenters. The van der Waals surface area contributed by atoms with Crippen molar-refractivity contribution < 1.29 is 27.8 Å². The number of ether oxygens (including phenoxy) is 1. The summed E-state index contributed by atoms with van der Waals surface area (Å²) in [6.07, 6.45) is -4.11. The highest BCUT2D eigenvalue weighted by atomic mass is 19.4. The van der Waals surface area contributed by atoms with Crippen LogP contribution in [0, 0.1) is 0 Å². The van der Waals surface area contributed by atoms with Gasteiger partial charge < -0.3 is 9.84 Å². The Bertz CT molecular complexity index is 924. The van der Waals surface area contributed by atoms with E-state index in [-0.39, 0.29) is 23.3 Å². The van der Waals surface area contributed by atoms with Gasteiger partial charge in [0.2, 0.25) is 0 Å². The fourth-order valence-electron chi connectivity index (χ4n) is 2.47. The Labute approximate surface area is 140 Å². The second-order valence-electron chi connectivity index (χ2n) is 5.30. The molecule has 0 bridgehead atoms. The molecule has 0 amide bonds. The van der Waals surface area contributed by atoms with Crippen molar-refractivity contribution in [3.8, 4) is 5.75 Å². The monoisotopic (exact) mass is 347 g/mol. The number of aromatic carboxylic acids is 1. The first-order chi connectivity index (χ1) is 11.9. The van der Waals surface area contributed by atoms with Gasteiger partial charge in [-0.3, -0.25) is 4.98 Å². The number of hydrogen-bond acceptors (Lipinski definition) is 3. The molecule has 7 heteroatoms. The number of carboxylic acid groups (broad SMARTS) is 1. The average Bonchev–Trinajstić information content (AvgIpc) is 2.58. The Morgan fingerprint density at radius 1 is 1.12 bits per heavy atom. The lowest BCUT2D eigenvalue weighted by Gasteiger charge is -2.14. The number of pyridine rings is 1. The molecule has 3 rings (SSSR count). The summed E-state index contributed by atoms with van der Waals surface area (Å²) in [7, 11) is 0. The standard InChI is InChI=1S/C18H12F3NO3/c19-18(20,21)16-13-8-12(25-10-11-4-2-1-3-5-11)6-7-15(13)22-9-14(16)17(23)24/h1-9H,10H2,(H,23,24). The summed E-state index contributed by atoms with van der Waals surface area (Å²) >= 11 is 0. The molecule has 128 valence electrons. The maximum Gasteiger partial charge on any atom is 0.417 e. The van der Waals surface area contributed by atoms with Crippen molar-refractivity contribution in [2.24, 2.45) is 0 Å². The zero-order valence-electron chi connectivity index (χ0n) is 12.7. The molecule has 0 saturated carbocycles. The summed E-state index contributed by atoms with van der Waals surface area (Å²) in [5, 5.41) is 8.73. The number of rotatable bonds is 4. The van der Waals surface area contributed by atoms with E-state index in [1.165, 1.54) is 18.2 Å². The molecule has 0 radical (unpaired) electrons. The zero-order chi connectivity index (χ0) is 18.0. The number of nitrogens with zero attached hydrogens (tertiary/aromatic N) is 1. The summed E-state index contributed by atoms with van der Waals surface area (Å²) in [5.41, 5.74) is -1.21. The second kappa shape index (κ2) is 6.43. The van der Waals surface area contributed by atoms with Gasteiger partial charge in [0.15, 0.2) is 0 Å². The molecule has 2 aromatic carbocycles. The van der Waals surface area contributed by atoms with Crippen LogP contribution >= 0.6 is 0 Å². The number of carboxylic acids is 1.